The molecule has 0 aliphatic carbocycles. The lowest BCUT2D eigenvalue weighted by Gasteiger charge is -2.34. The van der Waals surface area contributed by atoms with Gasteiger partial charge in [-0.2, -0.15) is 0 Å². The number of ketones is 1. The molecule has 0 bridgehead atoms. The van der Waals surface area contributed by atoms with Gasteiger partial charge in [0, 0.05) is 50.7 Å². The molecule has 2 aromatic carbocycles. The highest BCUT2D eigenvalue weighted by atomic mass is 35.5. The summed E-state index contributed by atoms with van der Waals surface area (Å²) in [5.41, 5.74) is 2.32. The summed E-state index contributed by atoms with van der Waals surface area (Å²) < 4.78 is 0. The molecule has 1 aliphatic rings. The Bertz CT molecular complexity index is 741. The van der Waals surface area contributed by atoms with E-state index in [1.54, 1.807) is 6.08 Å². The van der Waals surface area contributed by atoms with E-state index in [1.165, 1.54) is 5.56 Å². The van der Waals surface area contributed by atoms with Gasteiger partial charge >= 0.3 is 0 Å². The minimum atomic E-state index is 0. The van der Waals surface area contributed by atoms with Gasteiger partial charge in [0.1, 0.15) is 0 Å². The average Bonchev–Trinajstić information content (AvgIpc) is 2.67. The van der Waals surface area contributed by atoms with Crippen molar-refractivity contribution >= 4 is 35.9 Å². The number of hydrogen-bond donors (Lipinski definition) is 0. The zero-order chi connectivity index (χ0) is 18.2. The van der Waals surface area contributed by atoms with Crippen LogP contribution in [0.3, 0.4) is 0 Å². The number of rotatable bonds is 7. The monoisotopic (exact) mass is 404 g/mol. The summed E-state index contributed by atoms with van der Waals surface area (Å²) in [6.07, 6.45) is 4.07. The Kier molecular flexibility index (Phi) is 9.02. The molecule has 2 aromatic rings. The van der Waals surface area contributed by atoms with Crippen LogP contribution in [0.1, 0.15) is 17.5 Å². The Morgan fingerprint density at radius 3 is 2.37 bits per heavy atom. The number of halogens is 2. The highest BCUT2D eigenvalue weighted by Crippen LogP contribution is 2.12. The third-order valence-corrected chi connectivity index (χ3v) is 4.93. The fourth-order valence-corrected chi connectivity index (χ4v) is 3.36. The van der Waals surface area contributed by atoms with Crippen molar-refractivity contribution < 1.29 is 4.79 Å². The zero-order valence-electron chi connectivity index (χ0n) is 15.4. The predicted octanol–water partition coefficient (Wildman–Crippen LogP) is 4.55. The molecule has 3 rings (SSSR count). The summed E-state index contributed by atoms with van der Waals surface area (Å²) in [4.78, 5) is 17.0. The van der Waals surface area contributed by atoms with Gasteiger partial charge in [-0.1, -0.05) is 60.1 Å². The van der Waals surface area contributed by atoms with Crippen LogP contribution in [0, 0.1) is 0 Å². The fraction of sp³-hybridized carbons (Fsp3) is 0.318. The molecule has 1 heterocycles. The molecule has 0 atom stereocenters. The normalized spacial score (nSPS) is 15.6. The van der Waals surface area contributed by atoms with E-state index >= 15 is 0 Å². The molecular formula is C22H26Cl2N2O. The van der Waals surface area contributed by atoms with Crippen LogP contribution in [-0.2, 0) is 11.3 Å². The first-order chi connectivity index (χ1) is 12.7. The Hall–Kier alpha value is -1.65. The molecule has 1 aliphatic heterocycles. The fourth-order valence-electron chi connectivity index (χ4n) is 3.16. The summed E-state index contributed by atoms with van der Waals surface area (Å²) in [5, 5.41) is 0.688. The number of allylic oxidation sites excluding steroid dienone is 1. The second-order valence-electron chi connectivity index (χ2n) is 6.71. The lowest BCUT2D eigenvalue weighted by Crippen LogP contribution is -2.46. The van der Waals surface area contributed by atoms with Crippen molar-refractivity contribution in [2.45, 2.75) is 13.0 Å². The van der Waals surface area contributed by atoms with Crippen molar-refractivity contribution in [1.82, 2.24) is 9.80 Å². The van der Waals surface area contributed by atoms with Crippen molar-refractivity contribution in [3.63, 3.8) is 0 Å². The minimum absolute atomic E-state index is 0. The molecule has 1 saturated heterocycles. The third-order valence-electron chi connectivity index (χ3n) is 4.70. The van der Waals surface area contributed by atoms with Gasteiger partial charge in [0.25, 0.3) is 0 Å². The number of piperazine rings is 1. The number of carbonyl (C=O) groups excluding carboxylic acids is 1. The van der Waals surface area contributed by atoms with E-state index in [9.17, 15) is 4.79 Å². The number of nitrogens with zero attached hydrogens (tertiary/aromatic N) is 2. The first-order valence-corrected chi connectivity index (χ1v) is 9.52. The molecule has 27 heavy (non-hydrogen) atoms. The summed E-state index contributed by atoms with van der Waals surface area (Å²) in [6, 6.07) is 18.1. The molecule has 0 saturated carbocycles. The third kappa shape index (κ3) is 7.47. The van der Waals surface area contributed by atoms with E-state index in [4.69, 9.17) is 11.6 Å². The maximum atomic E-state index is 12.1. The maximum Gasteiger partial charge on any atom is 0.156 e. The van der Waals surface area contributed by atoms with Crippen LogP contribution in [-0.4, -0.2) is 48.3 Å². The lowest BCUT2D eigenvalue weighted by molar-refractivity contribution is -0.114. The van der Waals surface area contributed by atoms with Gasteiger partial charge in [-0.15, -0.1) is 12.4 Å². The smallest absolute Gasteiger partial charge is 0.156 e. The summed E-state index contributed by atoms with van der Waals surface area (Å²) in [7, 11) is 0. The Morgan fingerprint density at radius 2 is 1.67 bits per heavy atom. The minimum Gasteiger partial charge on any atom is -0.300 e. The van der Waals surface area contributed by atoms with Gasteiger partial charge in [0.2, 0.25) is 0 Å². The molecule has 144 valence electrons. The van der Waals surface area contributed by atoms with Gasteiger partial charge < -0.3 is 4.90 Å². The zero-order valence-corrected chi connectivity index (χ0v) is 17.0. The maximum absolute atomic E-state index is 12.1. The quantitative estimate of drug-likeness (QED) is 0.632. The van der Waals surface area contributed by atoms with Crippen LogP contribution in [0.15, 0.2) is 60.7 Å². The summed E-state index contributed by atoms with van der Waals surface area (Å²) in [6.45, 7) is 6.01. The van der Waals surface area contributed by atoms with Crippen LogP contribution in [0.5, 0.6) is 0 Å². The van der Waals surface area contributed by atoms with Crippen molar-refractivity contribution in [2.24, 2.45) is 0 Å². The van der Waals surface area contributed by atoms with Crippen molar-refractivity contribution in [2.75, 3.05) is 32.7 Å². The summed E-state index contributed by atoms with van der Waals surface area (Å²) in [5.74, 6) is 0.164. The van der Waals surface area contributed by atoms with Gasteiger partial charge in [-0.25, -0.2) is 0 Å². The van der Waals surface area contributed by atoms with Crippen LogP contribution >= 0.6 is 24.0 Å². The Labute approximate surface area is 173 Å². The molecule has 0 spiro atoms. The second kappa shape index (κ2) is 11.3. The molecule has 1 fully saturated rings. The van der Waals surface area contributed by atoms with E-state index in [2.05, 4.69) is 40.1 Å². The molecule has 3 nitrogen and oxygen atoms in total. The Morgan fingerprint density at radius 1 is 0.963 bits per heavy atom. The first-order valence-electron chi connectivity index (χ1n) is 9.14. The SMILES string of the molecule is Cl.O=C(C=Cc1cccc(Cl)c1)CCN1CCN(Cc2ccccc2)CC1. The van der Waals surface area contributed by atoms with Crippen LogP contribution in [0.25, 0.3) is 6.08 Å². The van der Waals surface area contributed by atoms with Crippen molar-refractivity contribution in [3.05, 3.63) is 76.8 Å². The first kappa shape index (κ1) is 21.6. The Balaban J connectivity index is 0.00000261. The van der Waals surface area contributed by atoms with Crippen molar-refractivity contribution in [1.29, 1.82) is 0 Å². The molecule has 0 amide bonds. The predicted molar refractivity (Wildman–Crippen MR) is 116 cm³/mol. The highest BCUT2D eigenvalue weighted by molar-refractivity contribution is 6.30. The van der Waals surface area contributed by atoms with Gasteiger partial charge in [0.05, 0.1) is 0 Å². The standard InChI is InChI=1S/C22H25ClN2O.ClH/c23-21-8-4-7-19(17-21)9-10-22(26)11-12-24-13-15-25(16-14-24)18-20-5-2-1-3-6-20;/h1-10,17H,11-16,18H2;1H. The summed E-state index contributed by atoms with van der Waals surface area (Å²) >= 11 is 5.96. The second-order valence-corrected chi connectivity index (χ2v) is 7.14. The van der Waals surface area contributed by atoms with E-state index in [1.807, 2.05) is 30.3 Å². The topological polar surface area (TPSA) is 23.6 Å². The molecule has 5 heteroatoms. The van der Waals surface area contributed by atoms with Gasteiger partial charge in [0.15, 0.2) is 5.78 Å². The number of carbonyl (C=O) groups is 1. The van der Waals surface area contributed by atoms with E-state index < -0.39 is 0 Å². The highest BCUT2D eigenvalue weighted by Gasteiger charge is 2.17. The molecule has 0 unspecified atom stereocenters. The molecule has 0 radical (unpaired) electrons. The van der Waals surface area contributed by atoms with E-state index in [-0.39, 0.29) is 18.2 Å². The lowest BCUT2D eigenvalue weighted by atomic mass is 10.1. The van der Waals surface area contributed by atoms with E-state index in [0.29, 0.717) is 11.4 Å². The number of benzene rings is 2. The van der Waals surface area contributed by atoms with E-state index in [0.717, 1.165) is 44.8 Å². The average molecular weight is 405 g/mol. The van der Waals surface area contributed by atoms with Crippen LogP contribution in [0.4, 0.5) is 0 Å². The number of hydrogen-bond acceptors (Lipinski definition) is 3. The molecule has 0 N–H and O–H groups in total. The van der Waals surface area contributed by atoms with Gasteiger partial charge in [-0.3, -0.25) is 9.69 Å². The molecule has 0 aromatic heterocycles. The van der Waals surface area contributed by atoms with Crippen LogP contribution in [0.2, 0.25) is 5.02 Å². The van der Waals surface area contributed by atoms with Crippen molar-refractivity contribution in [3.8, 4) is 0 Å². The molecular weight excluding hydrogens is 379 g/mol. The largest absolute Gasteiger partial charge is 0.300 e. The van der Waals surface area contributed by atoms with Gasteiger partial charge in [-0.05, 0) is 29.3 Å². The van der Waals surface area contributed by atoms with Crippen LogP contribution < -0.4 is 0 Å².